The zero-order valence-electron chi connectivity index (χ0n) is 9.30. The molecule has 17 heavy (non-hydrogen) atoms. The number of ether oxygens (including phenoxy) is 2. The Labute approximate surface area is 101 Å². The molecule has 0 aliphatic carbocycles. The van der Waals surface area contributed by atoms with Gasteiger partial charge in [-0.1, -0.05) is 6.07 Å². The number of carbonyl (C=O) groups is 1. The first-order valence-electron chi connectivity index (χ1n) is 4.77. The molecule has 1 rings (SSSR count). The number of hydrogen-bond donors (Lipinski definition) is 2. The number of nitrogens with one attached hydrogen (secondary N) is 1. The Morgan fingerprint density at radius 2 is 2.29 bits per heavy atom. The van der Waals surface area contributed by atoms with Crippen LogP contribution in [0, 0.1) is 0 Å². The minimum atomic E-state index is -1.02. The molecular weight excluding hydrogens is 245 g/mol. The number of hydroxylamine groups is 1. The summed E-state index contributed by atoms with van der Waals surface area (Å²) in [6.07, 6.45) is 0. The van der Waals surface area contributed by atoms with Crippen molar-refractivity contribution in [3.05, 3.63) is 23.8 Å². The van der Waals surface area contributed by atoms with Gasteiger partial charge in [-0.3, -0.25) is 4.62 Å². The predicted molar refractivity (Wildman–Crippen MR) is 63.8 cm³/mol. The standard InChI is InChI=1S/C10H14NO5P/c1-14-9-4-8(15-6-10(12)13)3-2-7(9)5-11-16-17/h2-4,11H,5-6,17H2,1H3,(H,12,13). The molecule has 1 aromatic rings. The van der Waals surface area contributed by atoms with E-state index >= 15 is 0 Å². The highest BCUT2D eigenvalue weighted by atomic mass is 31.0. The Balaban J connectivity index is 2.73. The summed E-state index contributed by atoms with van der Waals surface area (Å²) in [5.74, 6) is 0.0216. The van der Waals surface area contributed by atoms with Gasteiger partial charge in [0.15, 0.2) is 6.61 Å². The van der Waals surface area contributed by atoms with E-state index in [1.165, 1.54) is 7.11 Å². The van der Waals surface area contributed by atoms with E-state index in [1.807, 2.05) is 0 Å². The van der Waals surface area contributed by atoms with E-state index in [4.69, 9.17) is 14.6 Å². The number of benzene rings is 1. The molecule has 0 fully saturated rings. The van der Waals surface area contributed by atoms with Crippen LogP contribution in [0.4, 0.5) is 0 Å². The summed E-state index contributed by atoms with van der Waals surface area (Å²) in [7, 11) is 3.61. The van der Waals surface area contributed by atoms with E-state index in [0.29, 0.717) is 18.0 Å². The summed E-state index contributed by atoms with van der Waals surface area (Å²) in [5, 5.41) is 8.49. The summed E-state index contributed by atoms with van der Waals surface area (Å²) in [5.41, 5.74) is 3.53. The molecule has 0 aliphatic heterocycles. The molecule has 1 atom stereocenters. The van der Waals surface area contributed by atoms with Crippen molar-refractivity contribution in [3.63, 3.8) is 0 Å². The molecule has 0 saturated heterocycles. The molecule has 6 nitrogen and oxygen atoms in total. The first-order valence-corrected chi connectivity index (χ1v) is 5.24. The molecule has 0 heterocycles. The average molecular weight is 259 g/mol. The third-order valence-corrected chi connectivity index (χ3v) is 2.13. The highest BCUT2D eigenvalue weighted by Crippen LogP contribution is 2.24. The van der Waals surface area contributed by atoms with E-state index in [1.54, 1.807) is 18.2 Å². The van der Waals surface area contributed by atoms with Crippen molar-refractivity contribution in [2.24, 2.45) is 0 Å². The van der Waals surface area contributed by atoms with Crippen LogP contribution in [-0.2, 0) is 16.0 Å². The summed E-state index contributed by atoms with van der Waals surface area (Å²) in [6.45, 7) is 0.0847. The monoisotopic (exact) mass is 259 g/mol. The predicted octanol–water partition coefficient (Wildman–Crippen LogP) is 0.970. The average Bonchev–Trinajstić information content (AvgIpc) is 2.34. The quantitative estimate of drug-likeness (QED) is 0.561. The number of methoxy groups -OCH3 is 1. The van der Waals surface area contributed by atoms with Gasteiger partial charge in [-0.15, -0.1) is 0 Å². The molecule has 1 unspecified atom stereocenters. The lowest BCUT2D eigenvalue weighted by atomic mass is 10.2. The molecule has 0 bridgehead atoms. The van der Waals surface area contributed by atoms with Crippen molar-refractivity contribution >= 4 is 15.4 Å². The van der Waals surface area contributed by atoms with E-state index in [9.17, 15) is 4.79 Å². The third-order valence-electron chi connectivity index (χ3n) is 1.97. The molecule has 94 valence electrons. The second-order valence-electron chi connectivity index (χ2n) is 3.10. The molecule has 0 radical (unpaired) electrons. The van der Waals surface area contributed by atoms with Crippen LogP contribution in [0.25, 0.3) is 0 Å². The minimum Gasteiger partial charge on any atom is -0.496 e. The van der Waals surface area contributed by atoms with Gasteiger partial charge in [0.25, 0.3) is 0 Å². The van der Waals surface area contributed by atoms with Gasteiger partial charge < -0.3 is 14.6 Å². The Morgan fingerprint density at radius 3 is 2.88 bits per heavy atom. The maximum atomic E-state index is 10.4. The molecule has 0 spiro atoms. The number of carboxylic acids is 1. The number of hydrogen-bond acceptors (Lipinski definition) is 5. The van der Waals surface area contributed by atoms with Crippen LogP contribution in [0.5, 0.6) is 11.5 Å². The fourth-order valence-electron chi connectivity index (χ4n) is 1.23. The van der Waals surface area contributed by atoms with Gasteiger partial charge in [0.05, 0.1) is 7.11 Å². The van der Waals surface area contributed by atoms with Crippen molar-refractivity contribution in [1.29, 1.82) is 0 Å². The van der Waals surface area contributed by atoms with Gasteiger partial charge in [-0.05, 0) is 6.07 Å². The lowest BCUT2D eigenvalue weighted by Gasteiger charge is -2.11. The highest BCUT2D eigenvalue weighted by molar-refractivity contribution is 7.09. The van der Waals surface area contributed by atoms with Gasteiger partial charge >= 0.3 is 5.97 Å². The number of carboxylic acid groups (broad SMARTS) is 1. The summed E-state index contributed by atoms with van der Waals surface area (Å²) in [4.78, 5) is 10.4. The van der Waals surface area contributed by atoms with Crippen molar-refractivity contribution in [2.75, 3.05) is 13.7 Å². The molecule has 0 saturated carbocycles. The Bertz CT molecular complexity index is 385. The van der Waals surface area contributed by atoms with E-state index in [2.05, 4.69) is 19.6 Å². The number of aliphatic carboxylic acids is 1. The molecule has 0 aromatic heterocycles. The topological polar surface area (TPSA) is 77.0 Å². The third kappa shape index (κ3) is 4.56. The Hall–Kier alpha value is -1.36. The van der Waals surface area contributed by atoms with Crippen LogP contribution in [-0.4, -0.2) is 24.8 Å². The highest BCUT2D eigenvalue weighted by Gasteiger charge is 2.06. The second kappa shape index (κ2) is 7.06. The number of rotatable bonds is 7. The maximum Gasteiger partial charge on any atom is 0.341 e. The maximum absolute atomic E-state index is 10.4. The molecule has 1 aromatic carbocycles. The summed E-state index contributed by atoms with van der Waals surface area (Å²) >= 11 is 0. The smallest absolute Gasteiger partial charge is 0.341 e. The van der Waals surface area contributed by atoms with Gasteiger partial charge in [0.2, 0.25) is 0 Å². The summed E-state index contributed by atoms with van der Waals surface area (Å²) in [6, 6.07) is 5.07. The van der Waals surface area contributed by atoms with Crippen molar-refractivity contribution in [2.45, 2.75) is 6.54 Å². The molecule has 7 heteroatoms. The van der Waals surface area contributed by atoms with Gasteiger partial charge in [-0.25, -0.2) is 4.79 Å². The molecule has 0 amide bonds. The van der Waals surface area contributed by atoms with Crippen LogP contribution < -0.4 is 15.0 Å². The molecule has 0 aliphatic rings. The first kappa shape index (κ1) is 13.7. The van der Waals surface area contributed by atoms with Crippen LogP contribution >= 0.6 is 9.47 Å². The van der Waals surface area contributed by atoms with Gasteiger partial charge in [-0.2, -0.15) is 5.48 Å². The van der Waals surface area contributed by atoms with Crippen LogP contribution in [0.2, 0.25) is 0 Å². The van der Waals surface area contributed by atoms with Crippen LogP contribution in [0.3, 0.4) is 0 Å². The molecule has 2 N–H and O–H groups in total. The van der Waals surface area contributed by atoms with Gasteiger partial charge in [0, 0.05) is 27.6 Å². The first-order chi connectivity index (χ1) is 8.17. The minimum absolute atomic E-state index is 0.380. The SMILES string of the molecule is COc1cc(OCC(=O)O)ccc1CNOP. The lowest BCUT2D eigenvalue weighted by Crippen LogP contribution is -2.11. The van der Waals surface area contributed by atoms with Crippen molar-refractivity contribution < 1.29 is 24.0 Å². The van der Waals surface area contributed by atoms with Crippen LogP contribution in [0.1, 0.15) is 5.56 Å². The summed E-state index contributed by atoms with van der Waals surface area (Å²) < 4.78 is 14.9. The van der Waals surface area contributed by atoms with E-state index < -0.39 is 5.97 Å². The largest absolute Gasteiger partial charge is 0.496 e. The van der Waals surface area contributed by atoms with Crippen molar-refractivity contribution in [3.8, 4) is 11.5 Å². The van der Waals surface area contributed by atoms with E-state index in [0.717, 1.165) is 5.56 Å². The zero-order chi connectivity index (χ0) is 12.7. The zero-order valence-corrected chi connectivity index (χ0v) is 10.5. The Kier molecular flexibility index (Phi) is 5.69. The second-order valence-corrected chi connectivity index (χ2v) is 3.33. The van der Waals surface area contributed by atoms with Crippen LogP contribution in [0.15, 0.2) is 18.2 Å². The fourth-order valence-corrected chi connectivity index (χ4v) is 1.31. The molecular formula is C10H14NO5P. The lowest BCUT2D eigenvalue weighted by molar-refractivity contribution is -0.139. The van der Waals surface area contributed by atoms with E-state index in [-0.39, 0.29) is 6.61 Å². The fraction of sp³-hybridized carbons (Fsp3) is 0.300. The van der Waals surface area contributed by atoms with Crippen molar-refractivity contribution in [1.82, 2.24) is 5.48 Å². The Morgan fingerprint density at radius 1 is 1.53 bits per heavy atom. The normalized spacial score (nSPS) is 10.0. The van der Waals surface area contributed by atoms with Gasteiger partial charge in [0.1, 0.15) is 11.5 Å².